The van der Waals surface area contributed by atoms with E-state index in [1.165, 1.54) is 21.8 Å². The number of carbonyl (C=O) groups excluding carboxylic acids is 2. The molecule has 4 rings (SSSR count). The highest BCUT2D eigenvalue weighted by Gasteiger charge is 2.41. The maximum absolute atomic E-state index is 14.5. The SMILES string of the molecule is CC1C(F)CC(C)N2CN1C(=O)c1cc(=O)c(C(=O)NCc3ccc(F)cc3F)cn12. The molecular weight excluding hydrogens is 413 g/mol. The lowest BCUT2D eigenvalue weighted by atomic mass is 10.1. The second-order valence-corrected chi connectivity index (χ2v) is 7.90. The predicted octanol–water partition coefficient (Wildman–Crippen LogP) is 1.93. The number of pyridine rings is 1. The number of halogens is 3. The largest absolute Gasteiger partial charge is 0.348 e. The van der Waals surface area contributed by atoms with Gasteiger partial charge in [0.15, 0.2) is 5.43 Å². The van der Waals surface area contributed by atoms with Crippen LogP contribution in [0.1, 0.15) is 46.7 Å². The molecule has 0 radical (unpaired) electrons. The molecule has 3 atom stereocenters. The van der Waals surface area contributed by atoms with Gasteiger partial charge in [-0.05, 0) is 19.9 Å². The van der Waals surface area contributed by atoms with Crippen LogP contribution in [0.25, 0.3) is 0 Å². The molecule has 2 aromatic rings. The Kier molecular flexibility index (Phi) is 5.24. The van der Waals surface area contributed by atoms with Crippen molar-refractivity contribution in [2.75, 3.05) is 11.7 Å². The summed E-state index contributed by atoms with van der Waals surface area (Å²) in [7, 11) is 0. The van der Waals surface area contributed by atoms with Crippen molar-refractivity contribution in [2.24, 2.45) is 0 Å². The van der Waals surface area contributed by atoms with E-state index in [0.29, 0.717) is 6.07 Å². The van der Waals surface area contributed by atoms with Crippen LogP contribution in [0.5, 0.6) is 0 Å². The van der Waals surface area contributed by atoms with Crippen molar-refractivity contribution in [1.82, 2.24) is 14.9 Å². The average Bonchev–Trinajstić information content (AvgIpc) is 2.81. The van der Waals surface area contributed by atoms with E-state index in [2.05, 4.69) is 5.32 Å². The Labute approximate surface area is 176 Å². The van der Waals surface area contributed by atoms with Crippen molar-refractivity contribution in [1.29, 1.82) is 0 Å². The molecule has 2 bridgehead atoms. The highest BCUT2D eigenvalue weighted by Crippen LogP contribution is 2.27. The van der Waals surface area contributed by atoms with E-state index < -0.39 is 41.1 Å². The molecule has 164 valence electrons. The third kappa shape index (κ3) is 3.66. The number of nitrogens with one attached hydrogen (secondary N) is 1. The van der Waals surface area contributed by atoms with Crippen molar-refractivity contribution >= 4 is 11.8 Å². The summed E-state index contributed by atoms with van der Waals surface area (Å²) in [5.74, 6) is -2.81. The van der Waals surface area contributed by atoms with Gasteiger partial charge in [0.2, 0.25) is 0 Å². The Balaban J connectivity index is 1.65. The van der Waals surface area contributed by atoms with E-state index >= 15 is 0 Å². The smallest absolute Gasteiger partial charge is 0.274 e. The lowest BCUT2D eigenvalue weighted by Gasteiger charge is -2.41. The Morgan fingerprint density at radius 2 is 1.94 bits per heavy atom. The first-order chi connectivity index (χ1) is 14.7. The molecule has 1 fully saturated rings. The first-order valence-corrected chi connectivity index (χ1v) is 9.88. The number of alkyl halides is 1. The lowest BCUT2D eigenvalue weighted by Crippen LogP contribution is -2.57. The van der Waals surface area contributed by atoms with Crippen LogP contribution >= 0.6 is 0 Å². The van der Waals surface area contributed by atoms with Crippen LogP contribution in [0.15, 0.2) is 35.3 Å². The standard InChI is InChI=1S/C21H21F3N4O3/c1-11-5-16(23)12(2)26-10-28(11)27-9-15(19(29)7-18(27)21(26)31)20(30)25-8-13-3-4-14(22)6-17(13)24/h3-4,6-7,9,11-12,16H,5,8,10H2,1-2H3,(H,25,30). The van der Waals surface area contributed by atoms with Crippen LogP contribution in [-0.2, 0) is 6.54 Å². The summed E-state index contributed by atoms with van der Waals surface area (Å²) in [6, 6.07) is 3.10. The molecule has 1 aromatic carbocycles. The quantitative estimate of drug-likeness (QED) is 0.801. The van der Waals surface area contributed by atoms with Crippen LogP contribution < -0.4 is 15.8 Å². The molecule has 2 amide bonds. The monoisotopic (exact) mass is 434 g/mol. The van der Waals surface area contributed by atoms with Gasteiger partial charge in [-0.1, -0.05) is 6.07 Å². The van der Waals surface area contributed by atoms with Crippen molar-refractivity contribution < 1.29 is 22.8 Å². The fraction of sp³-hybridized carbons (Fsp3) is 0.381. The second kappa shape index (κ2) is 7.75. The lowest BCUT2D eigenvalue weighted by molar-refractivity contribution is 0.0558. The number of fused-ring (bicyclic) bond motifs is 4. The van der Waals surface area contributed by atoms with Crippen molar-refractivity contribution in [3.05, 3.63) is 69.1 Å². The number of benzene rings is 1. The number of carbonyl (C=O) groups is 2. The van der Waals surface area contributed by atoms with Crippen LogP contribution in [0.4, 0.5) is 13.2 Å². The summed E-state index contributed by atoms with van der Waals surface area (Å²) < 4.78 is 42.8. The first kappa shape index (κ1) is 21.0. The van der Waals surface area contributed by atoms with Gasteiger partial charge >= 0.3 is 0 Å². The molecule has 1 saturated heterocycles. The number of amides is 2. The minimum atomic E-state index is -1.22. The Bertz CT molecular complexity index is 1120. The zero-order valence-electron chi connectivity index (χ0n) is 16.9. The highest BCUT2D eigenvalue weighted by molar-refractivity contribution is 5.97. The highest BCUT2D eigenvalue weighted by atomic mass is 19.1. The van der Waals surface area contributed by atoms with Crippen LogP contribution in [0, 0.1) is 11.6 Å². The number of hydrogen-bond acceptors (Lipinski definition) is 4. The van der Waals surface area contributed by atoms with Gasteiger partial charge in [0.25, 0.3) is 11.8 Å². The summed E-state index contributed by atoms with van der Waals surface area (Å²) >= 11 is 0. The average molecular weight is 434 g/mol. The summed E-state index contributed by atoms with van der Waals surface area (Å²) in [4.78, 5) is 39.4. The molecule has 1 aromatic heterocycles. The molecule has 0 aliphatic carbocycles. The molecule has 2 aliphatic heterocycles. The van der Waals surface area contributed by atoms with Crippen molar-refractivity contribution in [3.63, 3.8) is 0 Å². The fourth-order valence-electron chi connectivity index (χ4n) is 3.94. The van der Waals surface area contributed by atoms with E-state index in [0.717, 1.165) is 12.1 Å². The van der Waals surface area contributed by atoms with E-state index in [4.69, 9.17) is 0 Å². The molecular formula is C21H21F3N4O3. The topological polar surface area (TPSA) is 74.7 Å². The molecule has 3 heterocycles. The summed E-state index contributed by atoms with van der Waals surface area (Å²) in [6.07, 6.45) is 0.212. The molecule has 0 saturated carbocycles. The number of aromatic nitrogens is 1. The molecule has 31 heavy (non-hydrogen) atoms. The van der Waals surface area contributed by atoms with Crippen molar-refractivity contribution in [2.45, 2.75) is 45.1 Å². The maximum Gasteiger partial charge on any atom is 0.274 e. The Morgan fingerprint density at radius 1 is 1.19 bits per heavy atom. The zero-order valence-corrected chi connectivity index (χ0v) is 16.9. The normalized spacial score (nSPS) is 22.7. The maximum atomic E-state index is 14.5. The second-order valence-electron chi connectivity index (χ2n) is 7.90. The van der Waals surface area contributed by atoms with Gasteiger partial charge in [0, 0.05) is 42.9 Å². The minimum absolute atomic E-state index is 0.0465. The summed E-state index contributed by atoms with van der Waals surface area (Å²) in [5.41, 5.74) is -0.823. The van der Waals surface area contributed by atoms with Gasteiger partial charge in [-0.3, -0.25) is 24.1 Å². The Morgan fingerprint density at radius 3 is 2.65 bits per heavy atom. The predicted molar refractivity (Wildman–Crippen MR) is 106 cm³/mol. The molecule has 1 N–H and O–H groups in total. The first-order valence-electron chi connectivity index (χ1n) is 9.88. The molecule has 10 heteroatoms. The molecule has 3 unspecified atom stereocenters. The number of hydrogen-bond donors (Lipinski definition) is 1. The third-order valence-electron chi connectivity index (χ3n) is 5.87. The zero-order chi connectivity index (χ0) is 22.4. The van der Waals surface area contributed by atoms with Gasteiger partial charge < -0.3 is 10.2 Å². The van der Waals surface area contributed by atoms with Crippen LogP contribution in [-0.4, -0.2) is 46.3 Å². The summed E-state index contributed by atoms with van der Waals surface area (Å²) in [5, 5.41) is 4.16. The third-order valence-corrected chi connectivity index (χ3v) is 5.87. The van der Waals surface area contributed by atoms with Gasteiger partial charge in [-0.25, -0.2) is 13.2 Å². The van der Waals surface area contributed by atoms with E-state index in [-0.39, 0.29) is 42.5 Å². The molecule has 7 nitrogen and oxygen atoms in total. The number of rotatable bonds is 3. The summed E-state index contributed by atoms with van der Waals surface area (Å²) in [6.45, 7) is 3.31. The van der Waals surface area contributed by atoms with Gasteiger partial charge in [-0.2, -0.15) is 0 Å². The van der Waals surface area contributed by atoms with Crippen molar-refractivity contribution in [3.8, 4) is 0 Å². The van der Waals surface area contributed by atoms with Gasteiger partial charge in [0.1, 0.15) is 35.7 Å². The van der Waals surface area contributed by atoms with E-state index in [1.807, 2.05) is 0 Å². The Hall–Kier alpha value is -3.30. The van der Waals surface area contributed by atoms with E-state index in [9.17, 15) is 27.6 Å². The van der Waals surface area contributed by atoms with E-state index in [1.54, 1.807) is 18.9 Å². The van der Waals surface area contributed by atoms with Gasteiger partial charge in [-0.15, -0.1) is 0 Å². The fourth-order valence-corrected chi connectivity index (χ4v) is 3.94. The molecule has 2 aliphatic rings. The molecule has 0 spiro atoms. The van der Waals surface area contributed by atoms with Crippen LogP contribution in [0.2, 0.25) is 0 Å². The number of nitrogens with zero attached hydrogens (tertiary/aromatic N) is 3. The van der Waals surface area contributed by atoms with Crippen LogP contribution in [0.3, 0.4) is 0 Å². The van der Waals surface area contributed by atoms with Gasteiger partial charge in [0.05, 0.1) is 6.04 Å². The minimum Gasteiger partial charge on any atom is -0.348 e.